The molecule has 4 aromatic rings. The molecule has 0 fully saturated rings. The lowest BCUT2D eigenvalue weighted by molar-refractivity contribution is 0.102. The first-order valence-corrected chi connectivity index (χ1v) is 7.32. The zero-order chi connectivity index (χ0) is 16.0. The van der Waals surface area contributed by atoms with Gasteiger partial charge in [0.15, 0.2) is 5.65 Å². The molecule has 1 amide bonds. The number of amides is 1. The van der Waals surface area contributed by atoms with Crippen LogP contribution in [0.4, 0.5) is 5.69 Å². The van der Waals surface area contributed by atoms with Crippen molar-refractivity contribution in [1.29, 1.82) is 0 Å². The SMILES string of the molecule is Cc1cc2cc(NC(=O)c3c(C)nn4cccnc34)ccc2[nH]1. The maximum atomic E-state index is 12.6. The van der Waals surface area contributed by atoms with Crippen LogP contribution in [0.2, 0.25) is 0 Å². The molecule has 114 valence electrons. The highest BCUT2D eigenvalue weighted by Gasteiger charge is 2.18. The van der Waals surface area contributed by atoms with Gasteiger partial charge in [-0.05, 0) is 44.2 Å². The third-order valence-corrected chi connectivity index (χ3v) is 3.81. The maximum absolute atomic E-state index is 12.6. The van der Waals surface area contributed by atoms with E-state index >= 15 is 0 Å². The summed E-state index contributed by atoms with van der Waals surface area (Å²) in [4.78, 5) is 20.2. The summed E-state index contributed by atoms with van der Waals surface area (Å²) >= 11 is 0. The van der Waals surface area contributed by atoms with Crippen molar-refractivity contribution in [3.63, 3.8) is 0 Å². The first-order chi connectivity index (χ1) is 11.1. The summed E-state index contributed by atoms with van der Waals surface area (Å²) in [6, 6.07) is 9.62. The van der Waals surface area contributed by atoms with Crippen molar-refractivity contribution < 1.29 is 4.79 Å². The van der Waals surface area contributed by atoms with Crippen molar-refractivity contribution in [3.05, 3.63) is 59.7 Å². The normalized spacial score (nSPS) is 11.2. The van der Waals surface area contributed by atoms with E-state index in [0.717, 1.165) is 22.3 Å². The second-order valence-electron chi connectivity index (χ2n) is 5.56. The van der Waals surface area contributed by atoms with Crippen molar-refractivity contribution in [3.8, 4) is 0 Å². The van der Waals surface area contributed by atoms with Gasteiger partial charge in [-0.1, -0.05) is 0 Å². The van der Waals surface area contributed by atoms with Gasteiger partial charge in [0.05, 0.1) is 5.69 Å². The summed E-state index contributed by atoms with van der Waals surface area (Å²) in [6.45, 7) is 3.81. The molecular formula is C17H15N5O. The van der Waals surface area contributed by atoms with Gasteiger partial charge < -0.3 is 10.3 Å². The van der Waals surface area contributed by atoms with Crippen LogP contribution in [-0.4, -0.2) is 25.5 Å². The highest BCUT2D eigenvalue weighted by atomic mass is 16.1. The molecule has 1 aromatic carbocycles. The van der Waals surface area contributed by atoms with Crippen LogP contribution in [-0.2, 0) is 0 Å². The topological polar surface area (TPSA) is 75.1 Å². The molecule has 0 aliphatic heterocycles. The molecule has 0 bridgehead atoms. The second-order valence-corrected chi connectivity index (χ2v) is 5.56. The fraction of sp³-hybridized carbons (Fsp3) is 0.118. The lowest BCUT2D eigenvalue weighted by atomic mass is 10.2. The number of nitrogens with one attached hydrogen (secondary N) is 2. The molecule has 6 heteroatoms. The largest absolute Gasteiger partial charge is 0.359 e. The number of hydrogen-bond acceptors (Lipinski definition) is 3. The highest BCUT2D eigenvalue weighted by Crippen LogP contribution is 2.21. The van der Waals surface area contributed by atoms with Crippen molar-refractivity contribution in [2.24, 2.45) is 0 Å². The van der Waals surface area contributed by atoms with Gasteiger partial charge in [0.2, 0.25) is 0 Å². The molecule has 0 saturated carbocycles. The minimum absolute atomic E-state index is 0.206. The monoisotopic (exact) mass is 305 g/mol. The molecule has 0 aliphatic carbocycles. The molecule has 4 rings (SSSR count). The molecule has 0 aliphatic rings. The van der Waals surface area contributed by atoms with Gasteiger partial charge in [-0.25, -0.2) is 9.50 Å². The van der Waals surface area contributed by atoms with Gasteiger partial charge in [-0.3, -0.25) is 4.79 Å². The lowest BCUT2D eigenvalue weighted by Gasteiger charge is -2.05. The number of carbonyl (C=O) groups excluding carboxylic acids is 1. The number of aromatic nitrogens is 4. The van der Waals surface area contributed by atoms with E-state index in [9.17, 15) is 4.79 Å². The van der Waals surface area contributed by atoms with Gasteiger partial charge in [-0.2, -0.15) is 5.10 Å². The summed E-state index contributed by atoms with van der Waals surface area (Å²) < 4.78 is 1.61. The van der Waals surface area contributed by atoms with Crippen LogP contribution >= 0.6 is 0 Å². The van der Waals surface area contributed by atoms with Crippen molar-refractivity contribution >= 4 is 28.1 Å². The van der Waals surface area contributed by atoms with E-state index in [1.807, 2.05) is 38.1 Å². The summed E-state index contributed by atoms with van der Waals surface area (Å²) in [7, 11) is 0. The van der Waals surface area contributed by atoms with Gasteiger partial charge in [-0.15, -0.1) is 0 Å². The number of anilines is 1. The molecule has 3 heterocycles. The van der Waals surface area contributed by atoms with Crippen LogP contribution < -0.4 is 5.32 Å². The predicted octanol–water partition coefficient (Wildman–Crippen LogP) is 3.08. The summed E-state index contributed by atoms with van der Waals surface area (Å²) in [5, 5.41) is 8.31. The van der Waals surface area contributed by atoms with Gasteiger partial charge in [0.25, 0.3) is 5.91 Å². The number of aryl methyl sites for hydroxylation is 2. The van der Waals surface area contributed by atoms with Gasteiger partial charge in [0.1, 0.15) is 5.56 Å². The number of carbonyl (C=O) groups is 1. The Balaban J connectivity index is 1.71. The molecule has 6 nitrogen and oxygen atoms in total. The number of H-pyrrole nitrogens is 1. The Morgan fingerprint density at radius 3 is 3.00 bits per heavy atom. The van der Waals surface area contributed by atoms with Crippen LogP contribution in [0.5, 0.6) is 0 Å². The molecule has 0 radical (unpaired) electrons. The third kappa shape index (κ3) is 2.24. The number of fused-ring (bicyclic) bond motifs is 2. The molecule has 0 unspecified atom stereocenters. The van der Waals surface area contributed by atoms with Crippen LogP contribution in [0.1, 0.15) is 21.7 Å². The average Bonchev–Trinajstić information content (AvgIpc) is 3.04. The Morgan fingerprint density at radius 2 is 2.13 bits per heavy atom. The average molecular weight is 305 g/mol. The molecule has 0 atom stereocenters. The van der Waals surface area contributed by atoms with E-state index in [0.29, 0.717) is 16.9 Å². The third-order valence-electron chi connectivity index (χ3n) is 3.81. The first-order valence-electron chi connectivity index (χ1n) is 7.32. The highest BCUT2D eigenvalue weighted by molar-refractivity contribution is 6.09. The second kappa shape index (κ2) is 4.95. The van der Waals surface area contributed by atoms with E-state index in [4.69, 9.17) is 0 Å². The zero-order valence-corrected chi connectivity index (χ0v) is 12.8. The molecular weight excluding hydrogens is 290 g/mol. The van der Waals surface area contributed by atoms with Gasteiger partial charge >= 0.3 is 0 Å². The van der Waals surface area contributed by atoms with Crippen LogP contribution in [0, 0.1) is 13.8 Å². The lowest BCUT2D eigenvalue weighted by Crippen LogP contribution is -2.13. The Hall–Kier alpha value is -3.15. The minimum Gasteiger partial charge on any atom is -0.359 e. The Labute approximate surface area is 132 Å². The Morgan fingerprint density at radius 1 is 1.26 bits per heavy atom. The Kier molecular flexibility index (Phi) is 2.90. The number of nitrogens with zero attached hydrogens (tertiary/aromatic N) is 3. The molecule has 2 N–H and O–H groups in total. The first kappa shape index (κ1) is 13.5. The van der Waals surface area contributed by atoms with E-state index in [1.165, 1.54) is 0 Å². The summed E-state index contributed by atoms with van der Waals surface area (Å²) in [6.07, 6.45) is 3.43. The quantitative estimate of drug-likeness (QED) is 0.597. The van der Waals surface area contributed by atoms with E-state index in [-0.39, 0.29) is 5.91 Å². The van der Waals surface area contributed by atoms with E-state index in [2.05, 4.69) is 20.4 Å². The minimum atomic E-state index is -0.206. The number of hydrogen-bond donors (Lipinski definition) is 2. The number of benzene rings is 1. The summed E-state index contributed by atoms with van der Waals surface area (Å²) in [5.74, 6) is -0.206. The molecule has 0 saturated heterocycles. The van der Waals surface area contributed by atoms with E-state index in [1.54, 1.807) is 23.0 Å². The zero-order valence-electron chi connectivity index (χ0n) is 12.8. The standard InChI is InChI=1S/C17H15N5O/c1-10-8-12-9-13(4-5-14(12)19-10)20-17(23)15-11(2)21-22-7-3-6-18-16(15)22/h3-9,19H,1-2H3,(H,20,23). The fourth-order valence-electron chi connectivity index (χ4n) is 2.81. The van der Waals surface area contributed by atoms with Crippen LogP contribution in [0.15, 0.2) is 42.7 Å². The van der Waals surface area contributed by atoms with Crippen LogP contribution in [0.25, 0.3) is 16.6 Å². The van der Waals surface area contributed by atoms with Crippen molar-refractivity contribution in [2.45, 2.75) is 13.8 Å². The summed E-state index contributed by atoms with van der Waals surface area (Å²) in [5.41, 5.74) is 4.59. The smallest absolute Gasteiger partial charge is 0.261 e. The predicted molar refractivity (Wildman–Crippen MR) is 88.7 cm³/mol. The molecule has 0 spiro atoms. The Bertz CT molecular complexity index is 1040. The van der Waals surface area contributed by atoms with Crippen molar-refractivity contribution in [2.75, 3.05) is 5.32 Å². The van der Waals surface area contributed by atoms with E-state index < -0.39 is 0 Å². The van der Waals surface area contributed by atoms with Crippen molar-refractivity contribution in [1.82, 2.24) is 19.6 Å². The molecule has 23 heavy (non-hydrogen) atoms. The number of aromatic amines is 1. The van der Waals surface area contributed by atoms with Crippen LogP contribution in [0.3, 0.4) is 0 Å². The fourth-order valence-corrected chi connectivity index (χ4v) is 2.81. The van der Waals surface area contributed by atoms with Gasteiger partial charge in [0, 0.05) is 34.7 Å². The molecule has 3 aromatic heterocycles. The number of rotatable bonds is 2. The maximum Gasteiger partial charge on any atom is 0.261 e.